The third-order valence-corrected chi connectivity index (χ3v) is 4.61. The smallest absolute Gasteiger partial charge is 0.312 e. The van der Waals surface area contributed by atoms with Gasteiger partial charge in [0.2, 0.25) is 0 Å². The topological polar surface area (TPSA) is 68.0 Å². The van der Waals surface area contributed by atoms with E-state index in [4.69, 9.17) is 0 Å². The van der Waals surface area contributed by atoms with Gasteiger partial charge in [0.25, 0.3) is 0 Å². The van der Waals surface area contributed by atoms with Crippen LogP contribution in [0, 0.1) is 0 Å². The predicted octanol–water partition coefficient (Wildman–Crippen LogP) is 2.70. The van der Waals surface area contributed by atoms with Gasteiger partial charge >= 0.3 is 5.97 Å². The average molecular weight is 277 g/mol. The van der Waals surface area contributed by atoms with E-state index in [-0.39, 0.29) is 0 Å². The summed E-state index contributed by atoms with van der Waals surface area (Å²) < 4.78 is 2.06. The maximum Gasteiger partial charge on any atom is 0.312 e. The number of aliphatic carboxylic acids is 1. The van der Waals surface area contributed by atoms with Crippen molar-refractivity contribution in [3.8, 4) is 10.7 Å². The minimum Gasteiger partial charge on any atom is -0.481 e. The van der Waals surface area contributed by atoms with E-state index in [1.807, 2.05) is 0 Å². The summed E-state index contributed by atoms with van der Waals surface area (Å²) in [5.74, 6) is -1.21. The quantitative estimate of drug-likeness (QED) is 0.936. The zero-order chi connectivity index (χ0) is 13.6. The van der Waals surface area contributed by atoms with Gasteiger partial charge in [-0.25, -0.2) is 9.97 Å². The molecule has 0 aliphatic heterocycles. The molecule has 0 saturated carbocycles. The van der Waals surface area contributed by atoms with Crippen molar-refractivity contribution < 1.29 is 9.90 Å². The second-order valence-corrected chi connectivity index (χ2v) is 6.12. The van der Waals surface area contributed by atoms with Crippen LogP contribution in [0.2, 0.25) is 0 Å². The molecule has 0 radical (unpaired) electrons. The van der Waals surface area contributed by atoms with Crippen LogP contribution in [0.25, 0.3) is 10.7 Å². The molecule has 6 heteroatoms. The number of aryl methyl sites for hydroxylation is 1. The van der Waals surface area contributed by atoms with E-state index < -0.39 is 11.9 Å². The van der Waals surface area contributed by atoms with Gasteiger partial charge in [0.05, 0.1) is 23.9 Å². The Kier molecular flexibility index (Phi) is 2.89. The molecule has 1 atom stereocenters. The van der Waals surface area contributed by atoms with E-state index in [1.165, 1.54) is 0 Å². The van der Waals surface area contributed by atoms with Crippen molar-refractivity contribution in [1.82, 2.24) is 14.5 Å². The Morgan fingerprint density at radius 2 is 2.37 bits per heavy atom. The number of carbonyl (C=O) groups is 1. The number of hydrogen-bond acceptors (Lipinski definition) is 4. The first-order chi connectivity index (χ1) is 9.08. The molecule has 1 unspecified atom stereocenters. The van der Waals surface area contributed by atoms with Crippen molar-refractivity contribution >= 4 is 17.3 Å². The van der Waals surface area contributed by atoms with Gasteiger partial charge in [-0.2, -0.15) is 0 Å². The van der Waals surface area contributed by atoms with Crippen molar-refractivity contribution in [1.29, 1.82) is 0 Å². The van der Waals surface area contributed by atoms with E-state index in [2.05, 4.69) is 28.4 Å². The van der Waals surface area contributed by atoms with Gasteiger partial charge < -0.3 is 9.67 Å². The summed E-state index contributed by atoms with van der Waals surface area (Å²) in [7, 11) is 0. The minimum absolute atomic E-state index is 0.312. The lowest BCUT2D eigenvalue weighted by molar-refractivity contribution is -0.138. The van der Waals surface area contributed by atoms with Crippen LogP contribution in [0.3, 0.4) is 0 Å². The molecule has 2 heterocycles. The monoisotopic (exact) mass is 277 g/mol. The Labute approximate surface area is 114 Å². The van der Waals surface area contributed by atoms with Crippen LogP contribution >= 0.6 is 11.3 Å². The first-order valence-corrected chi connectivity index (χ1v) is 7.14. The van der Waals surface area contributed by atoms with E-state index in [0.29, 0.717) is 12.5 Å². The number of thiazole rings is 1. The molecule has 0 amide bonds. The largest absolute Gasteiger partial charge is 0.481 e. The summed E-state index contributed by atoms with van der Waals surface area (Å²) in [6.45, 7) is 4.18. The molecule has 0 aromatic carbocycles. The molecule has 0 fully saturated rings. The third kappa shape index (κ3) is 1.96. The summed E-state index contributed by atoms with van der Waals surface area (Å²) in [4.78, 5) is 21.0. The lowest BCUT2D eigenvalue weighted by Gasteiger charge is -2.09. The molecule has 2 aromatic rings. The zero-order valence-electron chi connectivity index (χ0n) is 10.8. The van der Waals surface area contributed by atoms with Crippen LogP contribution in [-0.2, 0) is 11.2 Å². The second-order valence-electron chi connectivity index (χ2n) is 5.04. The Balaban J connectivity index is 2.02. The highest BCUT2D eigenvalue weighted by atomic mass is 32.1. The fourth-order valence-electron chi connectivity index (χ4n) is 2.46. The first kappa shape index (κ1) is 12.3. The Morgan fingerprint density at radius 3 is 3.05 bits per heavy atom. The van der Waals surface area contributed by atoms with Crippen molar-refractivity contribution in [2.24, 2.45) is 0 Å². The van der Waals surface area contributed by atoms with Gasteiger partial charge in [-0.05, 0) is 26.7 Å². The van der Waals surface area contributed by atoms with E-state index in [1.54, 1.807) is 23.9 Å². The van der Waals surface area contributed by atoms with E-state index in [0.717, 1.165) is 27.7 Å². The van der Waals surface area contributed by atoms with Crippen molar-refractivity contribution in [2.75, 3.05) is 0 Å². The van der Waals surface area contributed by atoms with Gasteiger partial charge in [0.1, 0.15) is 10.9 Å². The van der Waals surface area contributed by atoms with Gasteiger partial charge in [0, 0.05) is 10.9 Å². The van der Waals surface area contributed by atoms with Gasteiger partial charge in [0.15, 0.2) is 0 Å². The summed E-state index contributed by atoms with van der Waals surface area (Å²) >= 11 is 1.60. The molecule has 0 bridgehead atoms. The second kappa shape index (κ2) is 4.45. The van der Waals surface area contributed by atoms with Crippen molar-refractivity contribution in [3.05, 3.63) is 23.1 Å². The fraction of sp³-hybridized carbons (Fsp3) is 0.462. The SMILES string of the molecule is CC(C)n1cncc1-c1nc2c(s1)CCC2C(=O)O. The summed E-state index contributed by atoms with van der Waals surface area (Å²) in [5.41, 5.74) is 1.72. The summed E-state index contributed by atoms with van der Waals surface area (Å²) in [6.07, 6.45) is 5.08. The molecular formula is C13H15N3O2S. The average Bonchev–Trinajstić information content (AvgIpc) is 3.01. The fourth-order valence-corrected chi connectivity index (χ4v) is 3.61. The predicted molar refractivity (Wildman–Crippen MR) is 72.4 cm³/mol. The lowest BCUT2D eigenvalue weighted by Crippen LogP contribution is -2.08. The number of imidazole rings is 1. The van der Waals surface area contributed by atoms with Crippen LogP contribution in [0.1, 0.15) is 42.8 Å². The van der Waals surface area contributed by atoms with Gasteiger partial charge in [-0.3, -0.25) is 4.79 Å². The minimum atomic E-state index is -0.770. The molecule has 19 heavy (non-hydrogen) atoms. The summed E-state index contributed by atoms with van der Waals surface area (Å²) in [5, 5.41) is 10.1. The van der Waals surface area contributed by atoms with Gasteiger partial charge in [-0.15, -0.1) is 11.3 Å². The summed E-state index contributed by atoms with van der Waals surface area (Å²) in [6, 6.07) is 0.312. The van der Waals surface area contributed by atoms with Crippen molar-refractivity contribution in [3.63, 3.8) is 0 Å². The van der Waals surface area contributed by atoms with Crippen LogP contribution in [0.5, 0.6) is 0 Å². The number of fused-ring (bicyclic) bond motifs is 1. The van der Waals surface area contributed by atoms with Crippen LogP contribution in [0.15, 0.2) is 12.5 Å². The highest BCUT2D eigenvalue weighted by Crippen LogP contribution is 2.40. The van der Waals surface area contributed by atoms with E-state index in [9.17, 15) is 9.90 Å². The molecule has 3 rings (SSSR count). The first-order valence-electron chi connectivity index (χ1n) is 6.32. The van der Waals surface area contributed by atoms with Crippen LogP contribution in [-0.4, -0.2) is 25.6 Å². The number of nitrogens with zero attached hydrogens (tertiary/aromatic N) is 3. The number of carboxylic acid groups (broad SMARTS) is 1. The maximum absolute atomic E-state index is 11.2. The standard InChI is InChI=1S/C13H15N3O2S/c1-7(2)16-6-14-5-9(16)12-15-11-8(13(17)18)3-4-10(11)19-12/h5-8H,3-4H2,1-2H3,(H,17,18). The third-order valence-electron chi connectivity index (χ3n) is 3.46. The number of aromatic nitrogens is 3. The number of rotatable bonds is 3. The molecule has 0 spiro atoms. The Morgan fingerprint density at radius 1 is 1.58 bits per heavy atom. The Hall–Kier alpha value is -1.69. The lowest BCUT2D eigenvalue weighted by atomic mass is 10.1. The molecule has 1 aliphatic carbocycles. The molecule has 100 valence electrons. The Bertz CT molecular complexity index is 630. The highest BCUT2D eigenvalue weighted by Gasteiger charge is 2.32. The van der Waals surface area contributed by atoms with Crippen molar-refractivity contribution in [2.45, 2.75) is 38.6 Å². The molecular weight excluding hydrogens is 262 g/mol. The zero-order valence-corrected chi connectivity index (χ0v) is 11.6. The molecule has 0 saturated heterocycles. The number of carboxylic acids is 1. The van der Waals surface area contributed by atoms with Crippen LogP contribution in [0.4, 0.5) is 0 Å². The maximum atomic E-state index is 11.2. The normalized spacial score (nSPS) is 17.9. The molecule has 2 aromatic heterocycles. The molecule has 5 nitrogen and oxygen atoms in total. The molecule has 1 N–H and O–H groups in total. The van der Waals surface area contributed by atoms with Gasteiger partial charge in [-0.1, -0.05) is 0 Å². The van der Waals surface area contributed by atoms with E-state index >= 15 is 0 Å². The number of hydrogen-bond donors (Lipinski definition) is 1. The highest BCUT2D eigenvalue weighted by molar-refractivity contribution is 7.15. The van der Waals surface area contributed by atoms with Crippen LogP contribution < -0.4 is 0 Å². The molecule has 1 aliphatic rings.